The maximum atomic E-state index is 5.86. The Hall–Kier alpha value is -2.79. The topological polar surface area (TPSA) is 52.1 Å². The van der Waals surface area contributed by atoms with E-state index in [1.807, 2.05) is 49.4 Å². The van der Waals surface area contributed by atoms with Gasteiger partial charge in [0.1, 0.15) is 5.76 Å². The lowest BCUT2D eigenvalue weighted by Gasteiger charge is -2.15. The third-order valence-electron chi connectivity index (χ3n) is 3.92. The Morgan fingerprint density at radius 3 is 2.04 bits per heavy atom. The van der Waals surface area contributed by atoms with Gasteiger partial charge in [-0.3, -0.25) is 0 Å². The Kier molecular flexibility index (Phi) is 4.39. The van der Waals surface area contributed by atoms with Crippen LogP contribution in [0.4, 0.5) is 0 Å². The van der Waals surface area contributed by atoms with E-state index in [1.165, 1.54) is 11.1 Å². The van der Waals surface area contributed by atoms with E-state index in [9.17, 15) is 0 Å². The Bertz CT molecular complexity index is 909. The monoisotopic (exact) mass is 348 g/mol. The van der Waals surface area contributed by atoms with Crippen molar-refractivity contribution in [3.05, 3.63) is 89.9 Å². The standard InChI is InChI=1S/C20H16N2O2S/c1-14-17(12-13-23-14)19-21-22-20(24-19)25-18(15-8-4-2-5-9-15)16-10-6-3-7-11-16/h2-13,18H,1H3. The summed E-state index contributed by atoms with van der Waals surface area (Å²) in [6.45, 7) is 1.88. The van der Waals surface area contributed by atoms with Gasteiger partial charge in [-0.2, -0.15) is 0 Å². The molecule has 0 radical (unpaired) electrons. The Morgan fingerprint density at radius 1 is 0.840 bits per heavy atom. The summed E-state index contributed by atoms with van der Waals surface area (Å²) in [6, 6.07) is 22.5. The first-order valence-electron chi connectivity index (χ1n) is 7.96. The molecule has 0 aliphatic rings. The third-order valence-corrected chi connectivity index (χ3v) is 5.07. The number of thioether (sulfide) groups is 1. The molecule has 2 heterocycles. The Balaban J connectivity index is 1.66. The molecular formula is C20H16N2O2S. The first kappa shape index (κ1) is 15.7. The molecule has 124 valence electrons. The molecule has 0 amide bonds. The van der Waals surface area contributed by atoms with E-state index in [0.717, 1.165) is 11.3 Å². The van der Waals surface area contributed by atoms with Crippen LogP contribution >= 0.6 is 11.8 Å². The molecular weight excluding hydrogens is 332 g/mol. The smallest absolute Gasteiger partial charge is 0.277 e. The van der Waals surface area contributed by atoms with Crippen molar-refractivity contribution in [2.45, 2.75) is 17.4 Å². The van der Waals surface area contributed by atoms with Crippen molar-refractivity contribution < 1.29 is 8.83 Å². The van der Waals surface area contributed by atoms with Crippen LogP contribution in [0.1, 0.15) is 22.1 Å². The molecule has 0 saturated heterocycles. The average Bonchev–Trinajstić information content (AvgIpc) is 3.29. The minimum Gasteiger partial charge on any atom is -0.469 e. The van der Waals surface area contributed by atoms with Crippen molar-refractivity contribution in [3.8, 4) is 11.5 Å². The highest BCUT2D eigenvalue weighted by Crippen LogP contribution is 2.40. The second-order valence-corrected chi connectivity index (χ2v) is 6.64. The largest absolute Gasteiger partial charge is 0.469 e. The summed E-state index contributed by atoms with van der Waals surface area (Å²) >= 11 is 1.55. The van der Waals surface area contributed by atoms with E-state index in [0.29, 0.717) is 11.1 Å². The van der Waals surface area contributed by atoms with Crippen molar-refractivity contribution in [3.63, 3.8) is 0 Å². The van der Waals surface area contributed by atoms with E-state index in [4.69, 9.17) is 8.83 Å². The molecule has 0 fully saturated rings. The molecule has 4 aromatic rings. The first-order chi connectivity index (χ1) is 12.3. The van der Waals surface area contributed by atoms with Crippen molar-refractivity contribution in [1.82, 2.24) is 10.2 Å². The molecule has 2 aromatic carbocycles. The second-order valence-electron chi connectivity index (χ2n) is 5.58. The van der Waals surface area contributed by atoms with Gasteiger partial charge in [0, 0.05) is 0 Å². The normalized spacial score (nSPS) is 11.1. The molecule has 0 N–H and O–H groups in total. The molecule has 2 aromatic heterocycles. The van der Waals surface area contributed by atoms with E-state index >= 15 is 0 Å². The maximum Gasteiger partial charge on any atom is 0.277 e. The van der Waals surface area contributed by atoms with Gasteiger partial charge in [0.05, 0.1) is 17.1 Å². The number of rotatable bonds is 5. The highest BCUT2D eigenvalue weighted by molar-refractivity contribution is 7.99. The summed E-state index contributed by atoms with van der Waals surface area (Å²) in [5.74, 6) is 1.25. The van der Waals surface area contributed by atoms with Gasteiger partial charge in [0.2, 0.25) is 0 Å². The van der Waals surface area contributed by atoms with Crippen LogP contribution in [0.15, 0.2) is 87.1 Å². The van der Waals surface area contributed by atoms with Gasteiger partial charge in [-0.25, -0.2) is 0 Å². The van der Waals surface area contributed by atoms with E-state index < -0.39 is 0 Å². The van der Waals surface area contributed by atoms with Crippen LogP contribution in [0.25, 0.3) is 11.5 Å². The second kappa shape index (κ2) is 6.99. The summed E-state index contributed by atoms with van der Waals surface area (Å²) in [7, 11) is 0. The molecule has 0 saturated carbocycles. The number of aryl methyl sites for hydroxylation is 1. The van der Waals surface area contributed by atoms with Gasteiger partial charge in [-0.05, 0) is 24.1 Å². The van der Waals surface area contributed by atoms with Crippen molar-refractivity contribution in [2.24, 2.45) is 0 Å². The van der Waals surface area contributed by atoms with Crippen molar-refractivity contribution >= 4 is 11.8 Å². The third kappa shape index (κ3) is 3.37. The first-order valence-corrected chi connectivity index (χ1v) is 8.84. The molecule has 5 heteroatoms. The summed E-state index contributed by atoms with van der Waals surface area (Å²) < 4.78 is 11.2. The van der Waals surface area contributed by atoms with E-state index in [-0.39, 0.29) is 5.25 Å². The molecule has 0 aliphatic heterocycles. The van der Waals surface area contributed by atoms with Gasteiger partial charge in [0.15, 0.2) is 0 Å². The van der Waals surface area contributed by atoms with Crippen LogP contribution in [-0.2, 0) is 0 Å². The minimum atomic E-state index is 0.0844. The fraction of sp³-hybridized carbons (Fsp3) is 0.100. The lowest BCUT2D eigenvalue weighted by molar-refractivity contribution is 0.463. The molecule has 4 nitrogen and oxygen atoms in total. The lowest BCUT2D eigenvalue weighted by Crippen LogP contribution is -1.96. The molecule has 0 spiro atoms. The number of hydrogen-bond acceptors (Lipinski definition) is 5. The van der Waals surface area contributed by atoms with E-state index in [2.05, 4.69) is 34.5 Å². The summed E-state index contributed by atoms with van der Waals surface area (Å²) in [6.07, 6.45) is 1.62. The van der Waals surface area contributed by atoms with Crippen LogP contribution in [0.2, 0.25) is 0 Å². The number of benzene rings is 2. The predicted octanol–water partition coefficient (Wildman–Crippen LogP) is 5.52. The molecule has 0 atom stereocenters. The van der Waals surface area contributed by atoms with Gasteiger partial charge < -0.3 is 8.83 Å². The van der Waals surface area contributed by atoms with Crippen LogP contribution in [0, 0.1) is 6.92 Å². The molecule has 4 rings (SSSR count). The minimum absolute atomic E-state index is 0.0844. The number of hydrogen-bond donors (Lipinski definition) is 0. The highest BCUT2D eigenvalue weighted by Gasteiger charge is 2.20. The van der Waals surface area contributed by atoms with Gasteiger partial charge >= 0.3 is 0 Å². The Labute approximate surface area is 149 Å². The summed E-state index contributed by atoms with van der Waals surface area (Å²) in [5.41, 5.74) is 3.21. The zero-order valence-corrected chi connectivity index (χ0v) is 14.4. The van der Waals surface area contributed by atoms with Crippen LogP contribution in [0.3, 0.4) is 0 Å². The van der Waals surface area contributed by atoms with Gasteiger partial charge in [-0.15, -0.1) is 10.2 Å². The number of nitrogens with zero attached hydrogens (tertiary/aromatic N) is 2. The van der Waals surface area contributed by atoms with Crippen LogP contribution < -0.4 is 0 Å². The number of aromatic nitrogens is 2. The molecule has 25 heavy (non-hydrogen) atoms. The van der Waals surface area contributed by atoms with Gasteiger partial charge in [-0.1, -0.05) is 72.4 Å². The Morgan fingerprint density at radius 2 is 1.48 bits per heavy atom. The summed E-state index contributed by atoms with van der Waals surface area (Å²) in [5, 5.41) is 8.99. The average molecular weight is 348 g/mol. The fourth-order valence-corrected chi connectivity index (χ4v) is 3.66. The zero-order chi connectivity index (χ0) is 17.1. The highest BCUT2D eigenvalue weighted by atomic mass is 32.2. The van der Waals surface area contributed by atoms with Crippen molar-refractivity contribution in [2.75, 3.05) is 0 Å². The molecule has 0 bridgehead atoms. The molecule has 0 aliphatic carbocycles. The van der Waals surface area contributed by atoms with Crippen molar-refractivity contribution in [1.29, 1.82) is 0 Å². The van der Waals surface area contributed by atoms with Gasteiger partial charge in [0.25, 0.3) is 11.1 Å². The SMILES string of the molecule is Cc1occc1-c1nnc(SC(c2ccccc2)c2ccccc2)o1. The lowest BCUT2D eigenvalue weighted by atomic mass is 10.0. The number of furan rings is 1. The zero-order valence-electron chi connectivity index (χ0n) is 13.6. The van der Waals surface area contributed by atoms with E-state index in [1.54, 1.807) is 18.0 Å². The quantitative estimate of drug-likeness (QED) is 0.444. The van der Waals surface area contributed by atoms with Crippen LogP contribution in [0.5, 0.6) is 0 Å². The fourth-order valence-electron chi connectivity index (χ4n) is 2.66. The molecule has 0 unspecified atom stereocenters. The maximum absolute atomic E-state index is 5.86. The van der Waals surface area contributed by atoms with Crippen LogP contribution in [-0.4, -0.2) is 10.2 Å². The predicted molar refractivity (Wildman–Crippen MR) is 97.3 cm³/mol. The summed E-state index contributed by atoms with van der Waals surface area (Å²) in [4.78, 5) is 0.